The number of piperidine rings is 1. The van der Waals surface area contributed by atoms with E-state index in [4.69, 9.17) is 13.9 Å². The zero-order chi connectivity index (χ0) is 34.1. The molecular weight excluding hydrogens is 604 g/mol. The molecule has 3 amide bonds. The normalized spacial score (nSPS) is 16.9. The summed E-state index contributed by atoms with van der Waals surface area (Å²) < 4.78 is 18.6. The third kappa shape index (κ3) is 8.37. The molecule has 250 valence electrons. The summed E-state index contributed by atoms with van der Waals surface area (Å²) in [5.74, 6) is -0.443. The fourth-order valence-electron chi connectivity index (χ4n) is 5.47. The third-order valence-corrected chi connectivity index (χ3v) is 7.18. The second-order valence-corrected chi connectivity index (χ2v) is 13.8. The molecule has 0 radical (unpaired) electrons. The number of fused-ring (bicyclic) bond motifs is 1. The van der Waals surface area contributed by atoms with E-state index in [2.05, 4.69) is 42.8 Å². The monoisotopic (exact) mass is 646 g/mol. The zero-order valence-electron chi connectivity index (χ0n) is 28.0. The topological polar surface area (TPSA) is 166 Å². The zero-order valence-corrected chi connectivity index (χ0v) is 28.0. The highest BCUT2D eigenvalue weighted by Gasteiger charge is 2.31. The number of aryl methyl sites for hydroxylation is 1. The van der Waals surface area contributed by atoms with Gasteiger partial charge in [0.05, 0.1) is 23.8 Å². The van der Waals surface area contributed by atoms with Gasteiger partial charge in [0.2, 0.25) is 5.88 Å². The summed E-state index contributed by atoms with van der Waals surface area (Å²) in [5, 5.41) is 12.7. The number of carbonyl (C=O) groups is 3. The molecule has 14 nitrogen and oxygen atoms in total. The van der Waals surface area contributed by atoms with E-state index in [9.17, 15) is 14.4 Å². The Morgan fingerprint density at radius 3 is 2.36 bits per heavy atom. The van der Waals surface area contributed by atoms with E-state index in [0.29, 0.717) is 18.8 Å². The Bertz CT molecular complexity index is 1780. The van der Waals surface area contributed by atoms with Crippen LogP contribution in [0.15, 0.2) is 47.5 Å². The molecule has 47 heavy (non-hydrogen) atoms. The van der Waals surface area contributed by atoms with E-state index in [1.165, 1.54) is 0 Å². The number of rotatable bonds is 6. The van der Waals surface area contributed by atoms with E-state index >= 15 is 0 Å². The minimum absolute atomic E-state index is 0.0230. The predicted octanol–water partition coefficient (Wildman–Crippen LogP) is 5.96. The summed E-state index contributed by atoms with van der Waals surface area (Å²) in [6.45, 7) is 14.0. The van der Waals surface area contributed by atoms with Crippen LogP contribution >= 0.6 is 0 Å². The van der Waals surface area contributed by atoms with Crippen molar-refractivity contribution < 1.29 is 28.3 Å². The Labute approximate surface area is 273 Å². The Morgan fingerprint density at radius 2 is 1.68 bits per heavy atom. The second kappa shape index (κ2) is 12.9. The summed E-state index contributed by atoms with van der Waals surface area (Å²) >= 11 is 0. The number of alkyl carbamates (subject to hydrolysis) is 1. The van der Waals surface area contributed by atoms with Crippen molar-refractivity contribution in [2.75, 3.05) is 28.6 Å². The number of nitrogens with zero attached hydrogens (tertiary/aromatic N) is 5. The smallest absolute Gasteiger partial charge is 0.414 e. The molecule has 2 atom stereocenters. The molecule has 4 aromatic heterocycles. The Hall–Kier alpha value is -5.14. The van der Waals surface area contributed by atoms with Gasteiger partial charge in [-0.3, -0.25) is 24.8 Å². The maximum atomic E-state index is 14.0. The van der Waals surface area contributed by atoms with Crippen molar-refractivity contribution in [1.82, 2.24) is 25.1 Å². The quantitative estimate of drug-likeness (QED) is 0.227. The summed E-state index contributed by atoms with van der Waals surface area (Å²) in [6.07, 6.45) is 7.85. The molecule has 5 heterocycles. The molecule has 1 aliphatic heterocycles. The summed E-state index contributed by atoms with van der Waals surface area (Å²) in [5.41, 5.74) is 1.85. The van der Waals surface area contributed by atoms with Crippen molar-refractivity contribution in [2.45, 2.75) is 72.1 Å². The number of amides is 3. The minimum atomic E-state index is -0.786. The van der Waals surface area contributed by atoms with Gasteiger partial charge < -0.3 is 29.4 Å². The lowest BCUT2D eigenvalue weighted by molar-refractivity contribution is 0.0494. The van der Waals surface area contributed by atoms with Gasteiger partial charge in [0.1, 0.15) is 22.3 Å². The highest BCUT2D eigenvalue weighted by atomic mass is 16.6. The van der Waals surface area contributed by atoms with Gasteiger partial charge >= 0.3 is 12.2 Å². The van der Waals surface area contributed by atoms with Gasteiger partial charge in [-0.1, -0.05) is 6.92 Å². The first-order chi connectivity index (χ1) is 22.0. The average molecular weight is 647 g/mol. The van der Waals surface area contributed by atoms with Crippen LogP contribution in [0, 0.1) is 5.92 Å². The lowest BCUT2D eigenvalue weighted by atomic mass is 9.95. The van der Waals surface area contributed by atoms with Gasteiger partial charge in [0, 0.05) is 55.9 Å². The van der Waals surface area contributed by atoms with E-state index in [-0.39, 0.29) is 34.5 Å². The number of nitrogens with one attached hydrogen (secondary N) is 3. The highest BCUT2D eigenvalue weighted by Crippen LogP contribution is 2.35. The molecule has 1 fully saturated rings. The van der Waals surface area contributed by atoms with E-state index in [1.807, 2.05) is 40.1 Å². The van der Waals surface area contributed by atoms with E-state index in [0.717, 1.165) is 23.2 Å². The number of hydrogen-bond acceptors (Lipinski definition) is 10. The SMILES string of the molecule is C[C@@H]1CC(NC(=O)OC(C)(C)C)CN(c2ccncc2NC(=O)c2c(NC(=O)OC(C)(C)C)oc3cc(-c4cnn(C)c4)cnc23)C1. The van der Waals surface area contributed by atoms with Crippen LogP contribution in [0.25, 0.3) is 22.2 Å². The largest absolute Gasteiger partial charge is 0.444 e. The van der Waals surface area contributed by atoms with Gasteiger partial charge in [0.15, 0.2) is 5.58 Å². The van der Waals surface area contributed by atoms with Crippen LogP contribution in [0.2, 0.25) is 0 Å². The Kier molecular flexibility index (Phi) is 9.14. The first-order valence-electron chi connectivity index (χ1n) is 15.5. The Morgan fingerprint density at radius 1 is 0.957 bits per heavy atom. The molecule has 1 saturated heterocycles. The summed E-state index contributed by atoms with van der Waals surface area (Å²) in [6, 6.07) is 3.37. The Balaban J connectivity index is 1.44. The van der Waals surface area contributed by atoms with E-state index in [1.54, 1.807) is 56.3 Å². The molecule has 14 heteroatoms. The molecule has 0 bridgehead atoms. The maximum absolute atomic E-state index is 14.0. The number of pyridine rings is 2. The fraction of sp³-hybridized carbons (Fsp3) is 0.455. The van der Waals surface area contributed by atoms with Crippen LogP contribution in [0.4, 0.5) is 26.8 Å². The molecular formula is C33H42N8O6. The van der Waals surface area contributed by atoms with Crippen LogP contribution in [-0.2, 0) is 16.5 Å². The molecule has 0 saturated carbocycles. The molecule has 0 spiro atoms. The van der Waals surface area contributed by atoms with Crippen molar-refractivity contribution >= 4 is 46.5 Å². The van der Waals surface area contributed by atoms with Crippen molar-refractivity contribution in [3.63, 3.8) is 0 Å². The molecule has 0 aromatic carbocycles. The first kappa shape index (κ1) is 33.2. The number of furan rings is 1. The van der Waals surface area contributed by atoms with Crippen LogP contribution < -0.4 is 20.9 Å². The van der Waals surface area contributed by atoms with Crippen LogP contribution in [0.1, 0.15) is 65.2 Å². The van der Waals surface area contributed by atoms with E-state index < -0.39 is 29.3 Å². The predicted molar refractivity (Wildman–Crippen MR) is 177 cm³/mol. The number of carbonyl (C=O) groups excluding carboxylic acids is 3. The first-order valence-corrected chi connectivity index (χ1v) is 15.5. The van der Waals surface area contributed by atoms with Gasteiger partial charge in [-0.25, -0.2) is 9.59 Å². The third-order valence-electron chi connectivity index (χ3n) is 7.18. The minimum Gasteiger partial charge on any atom is -0.444 e. The van der Waals surface area contributed by atoms with Gasteiger partial charge in [-0.2, -0.15) is 5.10 Å². The molecule has 1 aliphatic rings. The molecule has 1 unspecified atom stereocenters. The van der Waals surface area contributed by atoms with Crippen LogP contribution in [0.5, 0.6) is 0 Å². The highest BCUT2D eigenvalue weighted by molar-refractivity contribution is 6.17. The van der Waals surface area contributed by atoms with Crippen LogP contribution in [0.3, 0.4) is 0 Å². The molecule has 4 aromatic rings. The number of aromatic nitrogens is 4. The van der Waals surface area contributed by atoms with Crippen molar-refractivity contribution in [2.24, 2.45) is 13.0 Å². The van der Waals surface area contributed by atoms with Crippen molar-refractivity contribution in [1.29, 1.82) is 0 Å². The second-order valence-electron chi connectivity index (χ2n) is 13.8. The standard InChI is InChI=1S/C33H42N8O6/c1-19-11-22(37-30(43)46-32(2,3)4)18-41(16-19)24-9-10-34-15-23(24)38-28(42)26-27-25(45-29(26)39-31(44)47-33(5,6)7)12-20(13-35-27)21-14-36-40(8)17-21/h9-10,12-15,17,19,22H,11,16,18H2,1-8H3,(H,37,43)(H,38,42)(H,39,44)/t19-,22?/m1/s1. The molecule has 5 rings (SSSR count). The van der Waals surface area contributed by atoms with Crippen LogP contribution in [-0.4, -0.2) is 68.2 Å². The molecule has 3 N–H and O–H groups in total. The van der Waals surface area contributed by atoms with Gasteiger partial charge in [-0.05, 0) is 66.0 Å². The fourth-order valence-corrected chi connectivity index (χ4v) is 5.47. The van der Waals surface area contributed by atoms with Gasteiger partial charge in [0.25, 0.3) is 5.91 Å². The maximum Gasteiger partial charge on any atom is 0.414 e. The lowest BCUT2D eigenvalue weighted by Gasteiger charge is -2.39. The number of anilines is 3. The summed E-state index contributed by atoms with van der Waals surface area (Å²) in [4.78, 5) is 50.3. The average Bonchev–Trinajstić information content (AvgIpc) is 3.53. The summed E-state index contributed by atoms with van der Waals surface area (Å²) in [7, 11) is 1.81. The lowest BCUT2D eigenvalue weighted by Crippen LogP contribution is -2.51. The van der Waals surface area contributed by atoms with Crippen molar-refractivity contribution in [3.05, 3.63) is 48.7 Å². The number of ether oxygens (including phenoxy) is 2. The molecule has 0 aliphatic carbocycles. The van der Waals surface area contributed by atoms with Gasteiger partial charge in [-0.15, -0.1) is 0 Å². The van der Waals surface area contributed by atoms with Crippen molar-refractivity contribution in [3.8, 4) is 11.1 Å². The number of hydrogen-bond donors (Lipinski definition) is 3.